The van der Waals surface area contributed by atoms with Crippen molar-refractivity contribution in [3.63, 3.8) is 0 Å². The number of carbonyl (C=O) groups excluding carboxylic acids is 2. The molecule has 0 bridgehead atoms. The van der Waals surface area contributed by atoms with Crippen LogP contribution in [0.25, 0.3) is 0 Å². The minimum Gasteiger partial charge on any atom is -0.456 e. The lowest BCUT2D eigenvalue weighted by molar-refractivity contribution is -0.121. The number of aromatic nitrogens is 2. The van der Waals surface area contributed by atoms with Gasteiger partial charge in [0.1, 0.15) is 11.3 Å². The van der Waals surface area contributed by atoms with Gasteiger partial charge in [0.25, 0.3) is 5.91 Å². The van der Waals surface area contributed by atoms with Gasteiger partial charge in [-0.15, -0.1) is 10.2 Å². The first-order valence-corrected chi connectivity index (χ1v) is 7.94. The van der Waals surface area contributed by atoms with Gasteiger partial charge >= 0.3 is 0 Å². The lowest BCUT2D eigenvalue weighted by Gasteiger charge is -2.30. The first kappa shape index (κ1) is 14.7. The summed E-state index contributed by atoms with van der Waals surface area (Å²) in [6.45, 7) is 2.90. The molecule has 1 saturated heterocycles. The number of amides is 2. The summed E-state index contributed by atoms with van der Waals surface area (Å²) in [5.74, 6) is 0.795. The number of likely N-dealkylation sites (tertiary alicyclic amines) is 1. The van der Waals surface area contributed by atoms with E-state index in [1.54, 1.807) is 29.5 Å². The van der Waals surface area contributed by atoms with Crippen LogP contribution in [0.1, 0.15) is 29.2 Å². The van der Waals surface area contributed by atoms with E-state index in [-0.39, 0.29) is 17.7 Å². The Hall–Kier alpha value is -2.22. The zero-order valence-corrected chi connectivity index (χ0v) is 12.9. The van der Waals surface area contributed by atoms with Crippen LogP contribution in [0.15, 0.2) is 22.1 Å². The molecule has 0 radical (unpaired) electrons. The molecule has 1 aliphatic heterocycles. The lowest BCUT2D eigenvalue weighted by atomic mass is 9.96. The molecule has 2 aromatic heterocycles. The third-order valence-electron chi connectivity index (χ3n) is 3.69. The Morgan fingerprint density at radius 3 is 2.73 bits per heavy atom. The Labute approximate surface area is 131 Å². The maximum atomic E-state index is 12.3. The van der Waals surface area contributed by atoms with Crippen LogP contribution in [0.2, 0.25) is 0 Å². The van der Waals surface area contributed by atoms with Crippen molar-refractivity contribution in [1.82, 2.24) is 15.1 Å². The first-order chi connectivity index (χ1) is 10.6. The molecule has 2 aromatic rings. The number of furan rings is 1. The van der Waals surface area contributed by atoms with Crippen molar-refractivity contribution >= 4 is 28.3 Å². The van der Waals surface area contributed by atoms with Gasteiger partial charge in [-0.3, -0.25) is 9.59 Å². The van der Waals surface area contributed by atoms with Crippen LogP contribution < -0.4 is 5.32 Å². The van der Waals surface area contributed by atoms with Crippen molar-refractivity contribution < 1.29 is 14.0 Å². The molecule has 0 saturated carbocycles. The molecule has 3 heterocycles. The zero-order chi connectivity index (χ0) is 15.5. The summed E-state index contributed by atoms with van der Waals surface area (Å²) < 4.78 is 5.36. The smallest absolute Gasteiger partial charge is 0.289 e. The van der Waals surface area contributed by atoms with E-state index in [2.05, 4.69) is 15.5 Å². The Morgan fingerprint density at radius 1 is 1.36 bits per heavy atom. The second-order valence-electron chi connectivity index (χ2n) is 5.21. The number of hydrogen-bond donors (Lipinski definition) is 1. The van der Waals surface area contributed by atoms with Crippen molar-refractivity contribution in [2.24, 2.45) is 5.92 Å². The maximum absolute atomic E-state index is 12.3. The standard InChI is InChI=1S/C14H16N4O3S/c1-9-2-3-11(21-9)13(20)18-6-4-10(5-7-18)12(19)16-14-17-15-8-22-14/h2-3,8,10H,4-7H2,1H3,(H,16,17,19). The van der Waals surface area contributed by atoms with Gasteiger partial charge < -0.3 is 14.6 Å². The van der Waals surface area contributed by atoms with E-state index in [0.717, 1.165) is 5.76 Å². The number of anilines is 1. The predicted molar refractivity (Wildman–Crippen MR) is 80.6 cm³/mol. The highest BCUT2D eigenvalue weighted by Crippen LogP contribution is 2.21. The van der Waals surface area contributed by atoms with Crippen molar-refractivity contribution in [2.45, 2.75) is 19.8 Å². The molecule has 22 heavy (non-hydrogen) atoms. The predicted octanol–water partition coefficient (Wildman–Crippen LogP) is 1.93. The fraction of sp³-hybridized carbons (Fsp3) is 0.429. The molecule has 0 unspecified atom stereocenters. The van der Waals surface area contributed by atoms with E-state index < -0.39 is 0 Å². The minimum atomic E-state index is -0.115. The summed E-state index contributed by atoms with van der Waals surface area (Å²) in [6, 6.07) is 3.46. The first-order valence-electron chi connectivity index (χ1n) is 7.06. The lowest BCUT2D eigenvalue weighted by Crippen LogP contribution is -2.41. The molecule has 1 N–H and O–H groups in total. The Bertz CT molecular complexity index is 659. The molecule has 8 heteroatoms. The van der Waals surface area contributed by atoms with Crippen molar-refractivity contribution in [3.8, 4) is 0 Å². The summed E-state index contributed by atoms with van der Waals surface area (Å²) in [5, 5.41) is 10.7. The number of hydrogen-bond acceptors (Lipinski definition) is 6. The summed E-state index contributed by atoms with van der Waals surface area (Å²) in [7, 11) is 0. The average molecular weight is 320 g/mol. The summed E-state index contributed by atoms with van der Waals surface area (Å²) >= 11 is 1.29. The highest BCUT2D eigenvalue weighted by molar-refractivity contribution is 7.13. The van der Waals surface area contributed by atoms with E-state index in [1.165, 1.54) is 11.3 Å². The second-order valence-corrected chi connectivity index (χ2v) is 6.04. The highest BCUT2D eigenvalue weighted by atomic mass is 32.1. The van der Waals surface area contributed by atoms with Crippen LogP contribution >= 0.6 is 11.3 Å². The van der Waals surface area contributed by atoms with Crippen molar-refractivity contribution in [2.75, 3.05) is 18.4 Å². The van der Waals surface area contributed by atoms with E-state index in [9.17, 15) is 9.59 Å². The Balaban J connectivity index is 1.54. The van der Waals surface area contributed by atoms with E-state index >= 15 is 0 Å². The van der Waals surface area contributed by atoms with Gasteiger partial charge in [0.2, 0.25) is 11.0 Å². The van der Waals surface area contributed by atoms with Gasteiger partial charge in [0, 0.05) is 19.0 Å². The summed E-state index contributed by atoms with van der Waals surface area (Å²) in [4.78, 5) is 26.1. The fourth-order valence-electron chi connectivity index (χ4n) is 2.49. The average Bonchev–Trinajstić information content (AvgIpc) is 3.18. The van der Waals surface area contributed by atoms with Crippen molar-refractivity contribution in [3.05, 3.63) is 29.2 Å². The molecular weight excluding hydrogens is 304 g/mol. The maximum Gasteiger partial charge on any atom is 0.289 e. The van der Waals surface area contributed by atoms with E-state index in [4.69, 9.17) is 4.42 Å². The van der Waals surface area contributed by atoms with E-state index in [1.807, 2.05) is 0 Å². The monoisotopic (exact) mass is 320 g/mol. The summed E-state index contributed by atoms with van der Waals surface area (Å²) in [6.07, 6.45) is 1.27. The number of aryl methyl sites for hydroxylation is 1. The van der Waals surface area contributed by atoms with Gasteiger partial charge in [0.05, 0.1) is 0 Å². The number of nitrogens with one attached hydrogen (secondary N) is 1. The molecule has 0 aromatic carbocycles. The number of piperidine rings is 1. The fourth-order valence-corrected chi connectivity index (χ4v) is 2.93. The van der Waals surface area contributed by atoms with Crippen molar-refractivity contribution in [1.29, 1.82) is 0 Å². The van der Waals surface area contributed by atoms with E-state index in [0.29, 0.717) is 36.8 Å². The van der Waals surface area contributed by atoms with Gasteiger partial charge in [-0.1, -0.05) is 11.3 Å². The highest BCUT2D eigenvalue weighted by Gasteiger charge is 2.29. The molecule has 0 aliphatic carbocycles. The molecule has 7 nitrogen and oxygen atoms in total. The third-order valence-corrected chi connectivity index (χ3v) is 4.30. The third kappa shape index (κ3) is 3.16. The molecule has 0 spiro atoms. The van der Waals surface area contributed by atoms with Crippen LogP contribution in [0.5, 0.6) is 0 Å². The molecule has 2 amide bonds. The minimum absolute atomic E-state index is 0.0577. The topological polar surface area (TPSA) is 88.3 Å². The van der Waals surface area contributed by atoms with Crippen LogP contribution in [-0.2, 0) is 4.79 Å². The number of rotatable bonds is 3. The molecule has 3 rings (SSSR count). The quantitative estimate of drug-likeness (QED) is 0.933. The van der Waals surface area contributed by atoms with Crippen LogP contribution in [-0.4, -0.2) is 40.0 Å². The van der Waals surface area contributed by atoms with Crippen LogP contribution in [0.3, 0.4) is 0 Å². The van der Waals surface area contributed by atoms with Gasteiger partial charge in [-0.2, -0.15) is 0 Å². The molecule has 0 atom stereocenters. The van der Waals surface area contributed by atoms with Gasteiger partial charge in [-0.25, -0.2) is 0 Å². The zero-order valence-electron chi connectivity index (χ0n) is 12.1. The van der Waals surface area contributed by atoms with Crippen LogP contribution in [0, 0.1) is 12.8 Å². The van der Waals surface area contributed by atoms with Gasteiger partial charge in [0.15, 0.2) is 5.76 Å². The normalized spacial score (nSPS) is 15.8. The molecule has 116 valence electrons. The SMILES string of the molecule is Cc1ccc(C(=O)N2CCC(C(=O)Nc3nncs3)CC2)o1. The molecular formula is C14H16N4O3S. The summed E-state index contributed by atoms with van der Waals surface area (Å²) in [5.41, 5.74) is 1.57. The Kier molecular flexibility index (Phi) is 4.19. The van der Waals surface area contributed by atoms with Gasteiger partial charge in [-0.05, 0) is 31.9 Å². The Morgan fingerprint density at radius 2 is 2.14 bits per heavy atom. The number of carbonyl (C=O) groups is 2. The largest absolute Gasteiger partial charge is 0.456 e. The second kappa shape index (κ2) is 6.27. The molecule has 1 fully saturated rings. The van der Waals surface area contributed by atoms with Crippen LogP contribution in [0.4, 0.5) is 5.13 Å². The molecule has 1 aliphatic rings. The number of nitrogens with zero attached hydrogens (tertiary/aromatic N) is 3.